The van der Waals surface area contributed by atoms with Crippen molar-refractivity contribution in [2.45, 2.75) is 50.9 Å². The Morgan fingerprint density at radius 3 is 1.48 bits per heavy atom. The Morgan fingerprint density at radius 2 is 1.04 bits per heavy atom. The molecule has 0 aromatic heterocycles. The van der Waals surface area contributed by atoms with Crippen LogP contribution in [0.15, 0.2) is 48.6 Å². The van der Waals surface area contributed by atoms with Crippen LogP contribution in [0.3, 0.4) is 0 Å². The average Bonchev–Trinajstić information content (AvgIpc) is 3.02. The molecule has 1 heteroatoms. The van der Waals surface area contributed by atoms with Gasteiger partial charge >= 0.3 is 0 Å². The fourth-order valence-corrected chi connectivity index (χ4v) is 13.5. The lowest BCUT2D eigenvalue weighted by molar-refractivity contribution is 0.491. The van der Waals surface area contributed by atoms with Crippen molar-refractivity contribution in [2.24, 2.45) is 35.5 Å². The molecular formula is C22H32Si. The molecule has 0 aliphatic heterocycles. The van der Waals surface area contributed by atoms with Gasteiger partial charge < -0.3 is 0 Å². The zero-order valence-electron chi connectivity index (χ0n) is 15.2. The molecular weight excluding hydrogens is 292 g/mol. The molecule has 4 aliphatic carbocycles. The topological polar surface area (TPSA) is 0 Å². The third-order valence-electron chi connectivity index (χ3n) is 7.66. The maximum atomic E-state index is 2.73. The standard InChI is InChI=1S/C22H32Si/c1-15-13-17-9-5-7-11-19(17)21(15)23(3,4)22-16(2)14-18-10-6-8-12-20(18)22/h5-12,15-22H,13-14H2,1-4H3/t15-,16-,17-,18+,19+,20+,21-,22-/m1/s1. The Kier molecular flexibility index (Phi) is 3.83. The highest BCUT2D eigenvalue weighted by molar-refractivity contribution is 6.80. The van der Waals surface area contributed by atoms with Crippen LogP contribution < -0.4 is 0 Å². The van der Waals surface area contributed by atoms with Crippen molar-refractivity contribution in [1.29, 1.82) is 0 Å². The van der Waals surface area contributed by atoms with E-state index >= 15 is 0 Å². The van der Waals surface area contributed by atoms with E-state index in [0.717, 1.165) is 46.6 Å². The van der Waals surface area contributed by atoms with Gasteiger partial charge in [-0.15, -0.1) is 0 Å². The Morgan fingerprint density at radius 1 is 0.652 bits per heavy atom. The summed E-state index contributed by atoms with van der Waals surface area (Å²) < 4.78 is 0. The second kappa shape index (κ2) is 5.62. The van der Waals surface area contributed by atoms with Crippen molar-refractivity contribution < 1.29 is 0 Å². The first kappa shape index (κ1) is 15.7. The van der Waals surface area contributed by atoms with Crippen LogP contribution in [-0.4, -0.2) is 8.07 Å². The van der Waals surface area contributed by atoms with Crippen molar-refractivity contribution in [2.75, 3.05) is 0 Å². The van der Waals surface area contributed by atoms with Crippen molar-refractivity contribution in [3.05, 3.63) is 48.6 Å². The number of rotatable bonds is 2. The minimum absolute atomic E-state index is 0.820. The molecule has 0 saturated heterocycles. The molecule has 2 saturated carbocycles. The van der Waals surface area contributed by atoms with Crippen molar-refractivity contribution in [3.63, 3.8) is 0 Å². The van der Waals surface area contributed by atoms with E-state index in [2.05, 4.69) is 75.5 Å². The molecule has 8 atom stereocenters. The molecule has 0 aromatic rings. The van der Waals surface area contributed by atoms with Crippen LogP contribution in [0, 0.1) is 35.5 Å². The molecule has 0 N–H and O–H groups in total. The lowest BCUT2D eigenvalue weighted by Gasteiger charge is -2.45. The molecule has 0 amide bonds. The van der Waals surface area contributed by atoms with E-state index in [4.69, 9.17) is 0 Å². The van der Waals surface area contributed by atoms with Gasteiger partial charge in [-0.25, -0.2) is 0 Å². The number of hydrogen-bond acceptors (Lipinski definition) is 0. The highest BCUT2D eigenvalue weighted by atomic mass is 28.3. The second-order valence-corrected chi connectivity index (χ2v) is 14.3. The molecule has 0 spiro atoms. The predicted octanol–water partition coefficient (Wildman–Crippen LogP) is 6.23. The van der Waals surface area contributed by atoms with Crippen LogP contribution in [0.25, 0.3) is 0 Å². The second-order valence-electron chi connectivity index (χ2n) is 9.32. The summed E-state index contributed by atoms with van der Waals surface area (Å²) in [5.74, 6) is 5.08. The lowest BCUT2D eigenvalue weighted by Crippen LogP contribution is -2.45. The molecule has 2 fully saturated rings. The van der Waals surface area contributed by atoms with E-state index < -0.39 is 8.07 Å². The van der Waals surface area contributed by atoms with Gasteiger partial charge in [0.25, 0.3) is 0 Å². The van der Waals surface area contributed by atoms with E-state index in [0.29, 0.717) is 0 Å². The molecule has 4 rings (SSSR count). The minimum atomic E-state index is -1.35. The molecule has 0 radical (unpaired) electrons. The molecule has 0 unspecified atom stereocenters. The summed E-state index contributed by atoms with van der Waals surface area (Å²) in [5.41, 5.74) is 1.92. The molecule has 4 aliphatic rings. The van der Waals surface area contributed by atoms with Crippen molar-refractivity contribution >= 4 is 8.07 Å². The highest BCUT2D eigenvalue weighted by Gasteiger charge is 2.56. The Labute approximate surface area is 143 Å². The summed E-state index contributed by atoms with van der Waals surface area (Å²) in [5, 5.41) is 0. The molecule has 23 heavy (non-hydrogen) atoms. The van der Waals surface area contributed by atoms with Gasteiger partial charge in [-0.3, -0.25) is 0 Å². The van der Waals surface area contributed by atoms with Gasteiger partial charge in [-0.1, -0.05) is 75.5 Å². The normalized spacial score (nSPS) is 47.8. The van der Waals surface area contributed by atoms with Crippen molar-refractivity contribution in [3.8, 4) is 0 Å². The minimum Gasteiger partial charge on any atom is -0.0808 e. The van der Waals surface area contributed by atoms with E-state index in [1.807, 2.05) is 0 Å². The number of hydrogen-bond donors (Lipinski definition) is 0. The van der Waals surface area contributed by atoms with E-state index in [9.17, 15) is 0 Å². The molecule has 0 heterocycles. The Hall–Kier alpha value is -0.823. The summed E-state index contributed by atoms with van der Waals surface area (Å²) >= 11 is 0. The van der Waals surface area contributed by atoms with Gasteiger partial charge in [0.2, 0.25) is 0 Å². The maximum Gasteiger partial charge on any atom is 0.0553 e. The first-order chi connectivity index (χ1) is 11.0. The van der Waals surface area contributed by atoms with E-state index in [-0.39, 0.29) is 0 Å². The molecule has 0 aromatic carbocycles. The maximum absolute atomic E-state index is 2.73. The summed E-state index contributed by atoms with van der Waals surface area (Å²) in [4.78, 5) is 0. The number of fused-ring (bicyclic) bond motifs is 2. The van der Waals surface area contributed by atoms with Crippen LogP contribution in [-0.2, 0) is 0 Å². The van der Waals surface area contributed by atoms with Gasteiger partial charge in [0.15, 0.2) is 0 Å². The number of allylic oxidation sites excluding steroid dienone is 8. The van der Waals surface area contributed by atoms with Crippen LogP contribution >= 0.6 is 0 Å². The Balaban J connectivity index is 1.67. The SMILES string of the molecule is C[C@@H]1C[C@H]2C=CC=C[C@@H]2[C@@H]1[Si](C)(C)[C@H]1[C@H]2C=CC=C[C@H]2C[C@H]1C. The summed E-state index contributed by atoms with van der Waals surface area (Å²) in [6.07, 6.45) is 22.1. The fraction of sp³-hybridized carbons (Fsp3) is 0.636. The van der Waals surface area contributed by atoms with E-state index in [1.54, 1.807) is 0 Å². The summed E-state index contributed by atoms with van der Waals surface area (Å²) in [6, 6.07) is 0. The zero-order valence-corrected chi connectivity index (χ0v) is 16.2. The van der Waals surface area contributed by atoms with Gasteiger partial charge in [0.1, 0.15) is 0 Å². The average molecular weight is 325 g/mol. The highest BCUT2D eigenvalue weighted by Crippen LogP contribution is 2.62. The monoisotopic (exact) mass is 324 g/mol. The molecule has 124 valence electrons. The van der Waals surface area contributed by atoms with Crippen LogP contribution in [0.5, 0.6) is 0 Å². The first-order valence-corrected chi connectivity index (χ1v) is 12.9. The first-order valence-electron chi connectivity index (χ1n) is 9.70. The van der Waals surface area contributed by atoms with Gasteiger partial charge in [-0.05, 0) is 59.4 Å². The zero-order chi connectivity index (χ0) is 16.2. The third-order valence-corrected chi connectivity index (χ3v) is 13.0. The molecule has 0 nitrogen and oxygen atoms in total. The summed E-state index contributed by atoms with van der Waals surface area (Å²) in [6.45, 7) is 10.6. The van der Waals surface area contributed by atoms with Gasteiger partial charge in [0.05, 0.1) is 8.07 Å². The third kappa shape index (κ3) is 2.38. The van der Waals surface area contributed by atoms with Crippen LogP contribution in [0.2, 0.25) is 24.2 Å². The predicted molar refractivity (Wildman–Crippen MR) is 103 cm³/mol. The van der Waals surface area contributed by atoms with Crippen molar-refractivity contribution in [1.82, 2.24) is 0 Å². The van der Waals surface area contributed by atoms with Crippen LogP contribution in [0.1, 0.15) is 26.7 Å². The molecule has 0 bridgehead atoms. The lowest BCUT2D eigenvalue weighted by atomic mass is 9.91. The Bertz CT molecular complexity index is 529. The largest absolute Gasteiger partial charge is 0.0808 e. The summed E-state index contributed by atoms with van der Waals surface area (Å²) in [7, 11) is -1.35. The smallest absolute Gasteiger partial charge is 0.0553 e. The van der Waals surface area contributed by atoms with Gasteiger partial charge in [0, 0.05) is 0 Å². The quantitative estimate of drug-likeness (QED) is 0.528. The van der Waals surface area contributed by atoms with E-state index in [1.165, 1.54) is 12.8 Å². The fourth-order valence-electron chi connectivity index (χ4n) is 7.18. The van der Waals surface area contributed by atoms with Gasteiger partial charge in [-0.2, -0.15) is 0 Å². The van der Waals surface area contributed by atoms with Crippen LogP contribution in [0.4, 0.5) is 0 Å².